The van der Waals surface area contributed by atoms with Crippen molar-refractivity contribution in [1.29, 1.82) is 0 Å². The molecule has 0 aliphatic carbocycles. The van der Waals surface area contributed by atoms with Crippen molar-refractivity contribution in [3.05, 3.63) is 59.7 Å². The summed E-state index contributed by atoms with van der Waals surface area (Å²) in [6, 6.07) is 14.8. The summed E-state index contributed by atoms with van der Waals surface area (Å²) in [7, 11) is 3.22. The number of rotatable bonds is 7. The molecule has 2 aromatic carbocycles. The summed E-state index contributed by atoms with van der Waals surface area (Å²) in [6.45, 7) is 5.64. The lowest BCUT2D eigenvalue weighted by Gasteiger charge is -2.19. The van der Waals surface area contributed by atoms with Crippen LogP contribution in [0.4, 0.5) is 0 Å². The standard InChI is InChI=1S/C24H30N2O4/c1-16(2)13-25-23(27)22-15-26(24(28)18-7-11-20(30-4)12-8-18)14-21(22)17-5-9-19(29-3)10-6-17/h5-12,16,21-22H,13-15H2,1-4H3,(H,25,27). The number of likely N-dealkylation sites (tertiary alicyclic amines) is 1. The number of nitrogens with one attached hydrogen (secondary N) is 1. The lowest BCUT2D eigenvalue weighted by molar-refractivity contribution is -0.125. The van der Waals surface area contributed by atoms with E-state index in [-0.39, 0.29) is 23.7 Å². The number of benzene rings is 2. The first-order valence-electron chi connectivity index (χ1n) is 10.3. The van der Waals surface area contributed by atoms with Crippen molar-refractivity contribution in [3.63, 3.8) is 0 Å². The van der Waals surface area contributed by atoms with Crippen LogP contribution in [0.1, 0.15) is 35.7 Å². The Morgan fingerprint density at radius 2 is 1.53 bits per heavy atom. The van der Waals surface area contributed by atoms with Gasteiger partial charge in [-0.2, -0.15) is 0 Å². The maximum absolute atomic E-state index is 13.1. The third-order valence-electron chi connectivity index (χ3n) is 5.51. The zero-order valence-electron chi connectivity index (χ0n) is 18.1. The van der Waals surface area contributed by atoms with Crippen LogP contribution in [0, 0.1) is 11.8 Å². The summed E-state index contributed by atoms with van der Waals surface area (Å²) in [5, 5.41) is 3.04. The van der Waals surface area contributed by atoms with Crippen molar-refractivity contribution >= 4 is 11.8 Å². The number of carbonyl (C=O) groups excluding carboxylic acids is 2. The van der Waals surface area contributed by atoms with E-state index >= 15 is 0 Å². The highest BCUT2D eigenvalue weighted by Gasteiger charge is 2.40. The van der Waals surface area contributed by atoms with Crippen LogP contribution in [0.2, 0.25) is 0 Å². The van der Waals surface area contributed by atoms with E-state index in [0.717, 1.165) is 11.3 Å². The summed E-state index contributed by atoms with van der Waals surface area (Å²) < 4.78 is 10.4. The average Bonchev–Trinajstić information content (AvgIpc) is 3.22. The smallest absolute Gasteiger partial charge is 0.253 e. The second-order valence-electron chi connectivity index (χ2n) is 8.06. The van der Waals surface area contributed by atoms with Crippen LogP contribution in [0.5, 0.6) is 11.5 Å². The predicted octanol–water partition coefficient (Wildman–Crippen LogP) is 3.33. The zero-order valence-corrected chi connectivity index (χ0v) is 18.1. The fourth-order valence-corrected chi connectivity index (χ4v) is 3.78. The van der Waals surface area contributed by atoms with Gasteiger partial charge in [0.15, 0.2) is 0 Å². The summed E-state index contributed by atoms with van der Waals surface area (Å²) in [6.07, 6.45) is 0. The molecule has 1 heterocycles. The molecule has 2 aromatic rings. The Bertz CT molecular complexity index is 862. The third kappa shape index (κ3) is 4.93. The van der Waals surface area contributed by atoms with Crippen LogP contribution in [-0.4, -0.2) is 50.6 Å². The second-order valence-corrected chi connectivity index (χ2v) is 8.06. The molecule has 0 bridgehead atoms. The van der Waals surface area contributed by atoms with E-state index in [0.29, 0.717) is 36.9 Å². The molecule has 0 saturated carbocycles. The molecule has 1 fully saturated rings. The molecule has 0 spiro atoms. The van der Waals surface area contributed by atoms with Gasteiger partial charge in [-0.1, -0.05) is 26.0 Å². The molecule has 160 valence electrons. The number of hydrogen-bond acceptors (Lipinski definition) is 4. The van der Waals surface area contributed by atoms with Crippen molar-refractivity contribution in [1.82, 2.24) is 10.2 Å². The summed E-state index contributed by atoms with van der Waals surface area (Å²) in [5.74, 6) is 1.40. The van der Waals surface area contributed by atoms with E-state index < -0.39 is 0 Å². The Morgan fingerprint density at radius 1 is 0.967 bits per heavy atom. The Morgan fingerprint density at radius 3 is 2.07 bits per heavy atom. The molecule has 6 heteroatoms. The largest absolute Gasteiger partial charge is 0.497 e. The van der Waals surface area contributed by atoms with Gasteiger partial charge in [0.25, 0.3) is 5.91 Å². The van der Waals surface area contributed by atoms with E-state index in [1.807, 2.05) is 24.3 Å². The fourth-order valence-electron chi connectivity index (χ4n) is 3.78. The molecule has 2 amide bonds. The quantitative estimate of drug-likeness (QED) is 0.760. The molecule has 1 aliphatic heterocycles. The lowest BCUT2D eigenvalue weighted by Crippen LogP contribution is -2.37. The van der Waals surface area contributed by atoms with Crippen LogP contribution in [0.25, 0.3) is 0 Å². The average molecular weight is 411 g/mol. The highest BCUT2D eigenvalue weighted by molar-refractivity contribution is 5.95. The Hall–Kier alpha value is -3.02. The molecule has 0 aromatic heterocycles. The number of methoxy groups -OCH3 is 2. The Kier molecular flexibility index (Phi) is 6.98. The number of ether oxygens (including phenoxy) is 2. The minimum atomic E-state index is -0.292. The summed E-state index contributed by atoms with van der Waals surface area (Å²) >= 11 is 0. The molecular weight excluding hydrogens is 380 g/mol. The van der Waals surface area contributed by atoms with Crippen molar-refractivity contribution in [2.45, 2.75) is 19.8 Å². The van der Waals surface area contributed by atoms with Crippen molar-refractivity contribution in [3.8, 4) is 11.5 Å². The van der Waals surface area contributed by atoms with Gasteiger partial charge >= 0.3 is 0 Å². The number of nitrogens with zero attached hydrogens (tertiary/aromatic N) is 1. The Balaban J connectivity index is 1.82. The highest BCUT2D eigenvalue weighted by Crippen LogP contribution is 2.34. The first-order chi connectivity index (χ1) is 14.4. The van der Waals surface area contributed by atoms with Gasteiger partial charge < -0.3 is 19.7 Å². The number of hydrogen-bond donors (Lipinski definition) is 1. The van der Waals surface area contributed by atoms with Gasteiger partial charge in [0.2, 0.25) is 5.91 Å². The van der Waals surface area contributed by atoms with E-state index in [2.05, 4.69) is 19.2 Å². The van der Waals surface area contributed by atoms with E-state index in [1.165, 1.54) is 0 Å². The Labute approximate surface area is 178 Å². The van der Waals surface area contributed by atoms with Gasteiger partial charge in [0.05, 0.1) is 20.1 Å². The van der Waals surface area contributed by atoms with Crippen molar-refractivity contribution < 1.29 is 19.1 Å². The molecule has 1 aliphatic rings. The molecule has 3 rings (SSSR count). The van der Waals surface area contributed by atoms with Crippen molar-refractivity contribution in [2.24, 2.45) is 11.8 Å². The predicted molar refractivity (Wildman–Crippen MR) is 116 cm³/mol. The first-order valence-corrected chi connectivity index (χ1v) is 10.3. The molecule has 2 atom stereocenters. The number of amides is 2. The van der Waals surface area contributed by atoms with Crippen LogP contribution >= 0.6 is 0 Å². The molecule has 0 radical (unpaired) electrons. The second kappa shape index (κ2) is 9.65. The third-order valence-corrected chi connectivity index (χ3v) is 5.51. The van der Waals surface area contributed by atoms with E-state index in [4.69, 9.17) is 9.47 Å². The lowest BCUT2D eigenvalue weighted by atomic mass is 9.88. The monoisotopic (exact) mass is 410 g/mol. The van der Waals surface area contributed by atoms with Gasteiger partial charge in [-0.15, -0.1) is 0 Å². The fraction of sp³-hybridized carbons (Fsp3) is 0.417. The molecule has 6 nitrogen and oxygen atoms in total. The topological polar surface area (TPSA) is 67.9 Å². The van der Waals surface area contributed by atoms with Crippen LogP contribution < -0.4 is 14.8 Å². The molecule has 1 saturated heterocycles. The SMILES string of the molecule is COc1ccc(C(=O)N2CC(C(=O)NCC(C)C)C(c3ccc(OC)cc3)C2)cc1. The van der Waals surface area contributed by atoms with Gasteiger partial charge in [0, 0.05) is 31.1 Å². The number of carbonyl (C=O) groups is 2. The first kappa shape index (κ1) is 21.7. The normalized spacial score (nSPS) is 18.4. The zero-order chi connectivity index (χ0) is 21.7. The van der Waals surface area contributed by atoms with Crippen molar-refractivity contribution in [2.75, 3.05) is 33.9 Å². The molecular formula is C24H30N2O4. The van der Waals surface area contributed by atoms with E-state index in [9.17, 15) is 9.59 Å². The minimum absolute atomic E-state index is 0.00505. The maximum atomic E-state index is 13.1. The highest BCUT2D eigenvalue weighted by atomic mass is 16.5. The van der Waals surface area contributed by atoms with Gasteiger partial charge in [-0.3, -0.25) is 9.59 Å². The van der Waals surface area contributed by atoms with Crippen LogP contribution in [-0.2, 0) is 4.79 Å². The van der Waals surface area contributed by atoms with Crippen LogP contribution in [0.15, 0.2) is 48.5 Å². The van der Waals surface area contributed by atoms with Gasteiger partial charge in [-0.25, -0.2) is 0 Å². The van der Waals surface area contributed by atoms with Gasteiger partial charge in [0.1, 0.15) is 11.5 Å². The summed E-state index contributed by atoms with van der Waals surface area (Å²) in [5.41, 5.74) is 1.62. The molecule has 30 heavy (non-hydrogen) atoms. The molecule has 1 N–H and O–H groups in total. The summed E-state index contributed by atoms with van der Waals surface area (Å²) in [4.78, 5) is 27.8. The molecule has 2 unspecified atom stereocenters. The maximum Gasteiger partial charge on any atom is 0.253 e. The van der Waals surface area contributed by atoms with Gasteiger partial charge in [-0.05, 0) is 47.9 Å². The van der Waals surface area contributed by atoms with Crippen LogP contribution in [0.3, 0.4) is 0 Å². The minimum Gasteiger partial charge on any atom is -0.497 e. The van der Waals surface area contributed by atoms with E-state index in [1.54, 1.807) is 43.4 Å².